The van der Waals surface area contributed by atoms with Crippen LogP contribution in [0.3, 0.4) is 0 Å². The Morgan fingerprint density at radius 3 is 0.482 bits per heavy atom. The third-order valence-electron chi connectivity index (χ3n) is 19.6. The van der Waals surface area contributed by atoms with Crippen molar-refractivity contribution in [1.29, 1.82) is 0 Å². The van der Waals surface area contributed by atoms with E-state index in [9.17, 15) is 0 Å². The first-order valence-corrected chi connectivity index (χ1v) is 56.7. The maximum Gasteiger partial charge on any atom is 0 e. The SMILES string of the molecule is CNC.CNC.Cl.Cl.[Cl-].[Cl-].[ClH+][Ru-]([ClH+])[ClH+].[ClH+][Ru-]([ClH+])[ClH+].[Ru].[Ru].c1ccc(P(c2ccccc2)c2ccc3c(c2-c2c(P(c4ccccc4)c4ccccc4)ccc4c2CCCC4)CCCC3)cc1.c1ccc(P(c2ccccc2)c2ccc3c(c2-c2c(P(c4ccccc4)c4ccccc4)ccc4c2CCCC4)CCCC3)cc1. The van der Waals surface area contributed by atoms with Crippen LogP contribution < -0.4 is 99.1 Å². The molecule has 2 N–H and O–H groups in total. The van der Waals surface area contributed by atoms with Gasteiger partial charge in [0.25, 0.3) is 0 Å². The summed E-state index contributed by atoms with van der Waals surface area (Å²) in [7, 11) is 30.9. The molecule has 12 aromatic rings. The molecule has 20 heteroatoms. The summed E-state index contributed by atoms with van der Waals surface area (Å²) >= 11 is -2.84. The minimum atomic E-state index is -1.42. The van der Waals surface area contributed by atoms with E-state index in [4.69, 9.17) is 0 Å². The number of benzene rings is 12. The summed E-state index contributed by atoms with van der Waals surface area (Å²) in [6.45, 7) is 0. The molecule has 0 saturated carbocycles. The van der Waals surface area contributed by atoms with Crippen molar-refractivity contribution in [3.8, 4) is 22.3 Å². The quantitative estimate of drug-likeness (QED) is 0.0838. The number of aryl methyl sites for hydroxylation is 4. The van der Waals surface area contributed by atoms with Gasteiger partial charge in [-0.15, -0.1) is 24.8 Å². The average Bonchev–Trinajstić information content (AvgIpc) is 0.738. The minimum Gasteiger partial charge on any atom is -0.0622 e. The Balaban J connectivity index is 0.000000328. The summed E-state index contributed by atoms with van der Waals surface area (Å²) in [5, 5.41) is 23.1. The van der Waals surface area contributed by atoms with Crippen molar-refractivity contribution in [2.75, 3.05) is 28.2 Å². The molecule has 0 fully saturated rings. The van der Waals surface area contributed by atoms with E-state index < -0.39 is 57.6 Å². The molecule has 4 aliphatic carbocycles. The molecule has 4 aliphatic rings. The van der Waals surface area contributed by atoms with Crippen molar-refractivity contribution < 1.29 is 148 Å². The first kappa shape index (κ1) is 100. The van der Waals surface area contributed by atoms with Gasteiger partial charge in [-0.25, -0.2) is 0 Å². The van der Waals surface area contributed by atoms with Crippen LogP contribution in [0.5, 0.6) is 0 Å². The van der Waals surface area contributed by atoms with Crippen molar-refractivity contribution >= 4 is 120 Å². The predicted octanol–water partition coefficient (Wildman–Crippen LogP) is 10.2. The molecule has 0 aliphatic heterocycles. The molecule has 0 bridgehead atoms. The number of hydrogen-bond acceptors (Lipinski definition) is 2. The molecule has 16 rings (SSSR count). The van der Waals surface area contributed by atoms with Gasteiger partial charge in [-0.3, -0.25) is 0 Å². The summed E-state index contributed by atoms with van der Waals surface area (Å²) in [5.41, 5.74) is 19.1. The molecule has 0 aromatic heterocycles. The molecule has 0 atom stereocenters. The van der Waals surface area contributed by atoms with Crippen LogP contribution in [0.1, 0.15) is 95.9 Å². The van der Waals surface area contributed by atoms with Crippen LogP contribution in [0.15, 0.2) is 291 Å². The standard InChI is InChI=1S/2C44H40P2.2C2H7N.10ClH.4Ru/c2*1-5-19-35(20-6-1)45(36-21-7-2-8-22-36)41-31-29-33-17-13-15-27-39(33)43(41)44-40-28-16-14-18-34(40)30-32-42(44)46(37-23-9-3-10-24-37)38-25-11-4-12-26-38;2*1-3-2;;;;;;;;;;;;;;/h2*1-12,19-26,29-32H,13-18,27-28H2;2*3H,1-2H3;10*1H;;;;/q;;;;;;;;;;;;;;;;2*+2/p-2. The van der Waals surface area contributed by atoms with Gasteiger partial charge in [0.2, 0.25) is 0 Å². The maximum absolute atomic E-state index is 4.39. The summed E-state index contributed by atoms with van der Waals surface area (Å²) < 4.78 is 0. The second-order valence-electron chi connectivity index (χ2n) is 26.6. The van der Waals surface area contributed by atoms with E-state index in [0.29, 0.717) is 0 Å². The van der Waals surface area contributed by atoms with Crippen molar-refractivity contribution in [2.45, 2.75) is 103 Å². The van der Waals surface area contributed by atoms with E-state index in [2.05, 4.69) is 360 Å². The van der Waals surface area contributed by atoms with Crippen LogP contribution >= 0.6 is 56.5 Å². The van der Waals surface area contributed by atoms with Crippen LogP contribution in [-0.2, 0) is 116 Å². The third-order valence-corrected chi connectivity index (χ3v) is 29.6. The van der Waals surface area contributed by atoms with Gasteiger partial charge in [0.1, 0.15) is 0 Å². The van der Waals surface area contributed by atoms with Crippen LogP contribution in [0.25, 0.3) is 22.3 Å². The molecule has 0 saturated heterocycles. The number of nitrogens with one attached hydrogen (secondary N) is 2. The van der Waals surface area contributed by atoms with Gasteiger partial charge in [-0.2, -0.15) is 0 Å². The van der Waals surface area contributed by atoms with Crippen LogP contribution in [-0.4, -0.2) is 28.2 Å². The molecule has 600 valence electrons. The second-order valence-corrected chi connectivity index (χ2v) is 53.8. The van der Waals surface area contributed by atoms with E-state index in [-0.39, 0.29) is 88.6 Å². The number of rotatable bonds is 14. The van der Waals surface area contributed by atoms with Gasteiger partial charge in [-0.1, -0.05) is 291 Å². The van der Waals surface area contributed by atoms with Gasteiger partial charge in [0.15, 0.2) is 0 Å². The van der Waals surface area contributed by atoms with Gasteiger partial charge in [0.05, 0.1) is 0 Å². The van der Waals surface area contributed by atoms with Gasteiger partial charge < -0.3 is 35.4 Å². The first-order valence-electron chi connectivity index (χ1n) is 36.8. The van der Waals surface area contributed by atoms with Crippen molar-refractivity contribution in [3.05, 3.63) is 336 Å². The molecule has 2 nitrogen and oxygen atoms in total. The monoisotopic (exact) mass is 2120 g/mol. The number of halogens is 10. The van der Waals surface area contributed by atoms with E-state index in [0.717, 1.165) is 0 Å². The molecule has 0 radical (unpaired) electrons. The van der Waals surface area contributed by atoms with E-state index in [1.165, 1.54) is 166 Å². The first-order chi connectivity index (χ1) is 52.0. The van der Waals surface area contributed by atoms with Crippen LogP contribution in [0.2, 0.25) is 0 Å². The Kier molecular flexibility index (Phi) is 47.7. The largest absolute Gasteiger partial charge is 0.0622 e. The Morgan fingerprint density at radius 2 is 0.348 bits per heavy atom. The molecular weight excluding hydrogens is 2020 g/mol. The van der Waals surface area contributed by atoms with E-state index >= 15 is 0 Å². The second kappa shape index (κ2) is 53.4. The van der Waals surface area contributed by atoms with Crippen LogP contribution in [0.4, 0.5) is 0 Å². The maximum atomic E-state index is 4.39. The molecule has 0 heterocycles. The molecule has 0 amide bonds. The fourth-order valence-corrected chi connectivity index (χ4v) is 25.4. The average molecular weight is 2120 g/mol. The zero-order valence-corrected chi connectivity index (χ0v) is 81.8. The minimum absolute atomic E-state index is 0. The Morgan fingerprint density at radius 1 is 0.223 bits per heavy atom. The topological polar surface area (TPSA) is 24.1 Å². The fraction of sp³-hybridized carbons (Fsp3) is 0.217. The Hall–Kier alpha value is -2.33. The molecular formula is C92H102Cl10N2P4Ru4+2. The number of fused-ring (bicyclic) bond motifs is 4. The molecule has 0 spiro atoms. The van der Waals surface area contributed by atoms with Gasteiger partial charge >= 0.3 is 84.1 Å². The zero-order chi connectivity index (χ0) is 74.0. The van der Waals surface area contributed by atoms with Crippen molar-refractivity contribution in [2.24, 2.45) is 0 Å². The third kappa shape index (κ3) is 26.8. The Labute approximate surface area is 758 Å². The van der Waals surface area contributed by atoms with Gasteiger partial charge in [-0.05, 0) is 293 Å². The van der Waals surface area contributed by atoms with Crippen molar-refractivity contribution in [3.63, 3.8) is 0 Å². The van der Waals surface area contributed by atoms with Gasteiger partial charge in [0, 0.05) is 39.0 Å². The summed E-state index contributed by atoms with van der Waals surface area (Å²) in [6, 6.07) is 111. The molecule has 112 heavy (non-hydrogen) atoms. The normalized spacial score (nSPS) is 12.8. The molecule has 0 unspecified atom stereocenters. The van der Waals surface area contributed by atoms with E-state index in [1.54, 1.807) is 66.8 Å². The number of hydrogen-bond donors (Lipinski definition) is 2. The zero-order valence-electron chi connectivity index (χ0n) is 63.3. The molecule has 12 aromatic carbocycles. The van der Waals surface area contributed by atoms with E-state index in [1.807, 2.05) is 28.2 Å². The van der Waals surface area contributed by atoms with Crippen LogP contribution in [0, 0.1) is 58.1 Å². The summed E-state index contributed by atoms with van der Waals surface area (Å²) in [5.74, 6) is 0. The predicted molar refractivity (Wildman–Crippen MR) is 458 cm³/mol. The Bertz CT molecular complexity index is 3930. The summed E-state index contributed by atoms with van der Waals surface area (Å²) in [6.07, 6.45) is 19.7. The smallest absolute Gasteiger partial charge is 0 e. The van der Waals surface area contributed by atoms with Crippen molar-refractivity contribution in [1.82, 2.24) is 10.6 Å². The summed E-state index contributed by atoms with van der Waals surface area (Å²) in [4.78, 5) is 0. The fourth-order valence-electron chi connectivity index (χ4n) is 15.4.